The molecule has 1 aliphatic heterocycles. The first-order valence-electron chi connectivity index (χ1n) is 7.88. The van der Waals surface area contributed by atoms with E-state index in [4.69, 9.17) is 4.74 Å². The van der Waals surface area contributed by atoms with Crippen molar-refractivity contribution in [2.24, 2.45) is 12.0 Å². The molecule has 1 aromatic heterocycles. The summed E-state index contributed by atoms with van der Waals surface area (Å²) < 4.78 is 7.64. The van der Waals surface area contributed by atoms with Crippen molar-refractivity contribution in [1.82, 2.24) is 20.0 Å². The van der Waals surface area contributed by atoms with E-state index in [0.717, 1.165) is 43.9 Å². The van der Waals surface area contributed by atoms with Crippen molar-refractivity contribution in [1.29, 1.82) is 0 Å². The first-order chi connectivity index (χ1) is 10.6. The van der Waals surface area contributed by atoms with Gasteiger partial charge in [0.05, 0.1) is 24.9 Å². The van der Waals surface area contributed by atoms with E-state index in [9.17, 15) is 5.11 Å². The molecule has 1 saturated heterocycles. The molecule has 2 N–H and O–H groups in total. The largest absolute Gasteiger partial charge is 0.388 e. The van der Waals surface area contributed by atoms with Gasteiger partial charge in [0, 0.05) is 38.9 Å². The lowest BCUT2D eigenvalue weighted by atomic mass is 9.80. The van der Waals surface area contributed by atoms with Crippen LogP contribution in [0.2, 0.25) is 0 Å². The van der Waals surface area contributed by atoms with Crippen molar-refractivity contribution in [3.8, 4) is 0 Å². The maximum atomic E-state index is 10.2. The van der Waals surface area contributed by atoms with Gasteiger partial charge in [0.2, 0.25) is 0 Å². The van der Waals surface area contributed by atoms with Gasteiger partial charge < -0.3 is 20.1 Å². The smallest absolute Gasteiger partial charge is 0.193 e. The van der Waals surface area contributed by atoms with E-state index >= 15 is 0 Å². The van der Waals surface area contributed by atoms with E-state index in [2.05, 4.69) is 20.3 Å². The SMILES string of the molecule is CN=C(NCC1(O)CCC1)N1CCOC(c2cnn(C)c2)C1.I. The zero-order chi connectivity index (χ0) is 15.6. The molecule has 2 heterocycles. The summed E-state index contributed by atoms with van der Waals surface area (Å²) in [6.45, 7) is 2.76. The molecule has 23 heavy (non-hydrogen) atoms. The van der Waals surface area contributed by atoms with E-state index in [1.165, 1.54) is 0 Å². The first-order valence-corrected chi connectivity index (χ1v) is 7.88. The highest BCUT2D eigenvalue weighted by molar-refractivity contribution is 14.0. The number of aliphatic hydroxyl groups is 1. The molecule has 8 heteroatoms. The number of halogens is 1. The predicted octanol–water partition coefficient (Wildman–Crippen LogP) is 0.902. The second kappa shape index (κ2) is 7.80. The predicted molar refractivity (Wildman–Crippen MR) is 99.1 cm³/mol. The van der Waals surface area contributed by atoms with Crippen LogP contribution in [0.1, 0.15) is 30.9 Å². The summed E-state index contributed by atoms with van der Waals surface area (Å²) in [7, 11) is 3.69. The third-order valence-electron chi connectivity index (χ3n) is 4.53. The van der Waals surface area contributed by atoms with Gasteiger partial charge in [-0.1, -0.05) is 0 Å². The van der Waals surface area contributed by atoms with Crippen molar-refractivity contribution < 1.29 is 9.84 Å². The third kappa shape index (κ3) is 4.36. The number of nitrogens with zero attached hydrogens (tertiary/aromatic N) is 4. The molecule has 0 amide bonds. The van der Waals surface area contributed by atoms with Crippen LogP contribution in [-0.2, 0) is 11.8 Å². The fraction of sp³-hybridized carbons (Fsp3) is 0.733. The average Bonchev–Trinajstić information content (AvgIpc) is 2.93. The maximum absolute atomic E-state index is 10.2. The number of aryl methyl sites for hydroxylation is 1. The molecule has 2 fully saturated rings. The number of hydrogen-bond donors (Lipinski definition) is 2. The van der Waals surface area contributed by atoms with E-state index in [0.29, 0.717) is 13.2 Å². The van der Waals surface area contributed by atoms with Crippen molar-refractivity contribution >= 4 is 29.9 Å². The Morgan fingerprint density at radius 3 is 2.91 bits per heavy atom. The molecule has 0 spiro atoms. The van der Waals surface area contributed by atoms with Crippen LogP contribution in [0.4, 0.5) is 0 Å². The van der Waals surface area contributed by atoms with Crippen molar-refractivity contribution in [2.45, 2.75) is 31.0 Å². The number of morpholine rings is 1. The highest BCUT2D eigenvalue weighted by atomic mass is 127. The Balaban J connectivity index is 0.00000192. The van der Waals surface area contributed by atoms with Gasteiger partial charge in [0.25, 0.3) is 0 Å². The minimum Gasteiger partial charge on any atom is -0.388 e. The molecule has 2 aliphatic rings. The van der Waals surface area contributed by atoms with Gasteiger partial charge in [-0.05, 0) is 19.3 Å². The number of rotatable bonds is 3. The van der Waals surface area contributed by atoms with Crippen LogP contribution in [-0.4, -0.2) is 64.6 Å². The van der Waals surface area contributed by atoms with Gasteiger partial charge in [-0.3, -0.25) is 9.67 Å². The van der Waals surface area contributed by atoms with Gasteiger partial charge in [-0.15, -0.1) is 24.0 Å². The molecule has 0 bridgehead atoms. The Morgan fingerprint density at radius 2 is 2.35 bits per heavy atom. The molecular weight excluding hydrogens is 409 g/mol. The molecule has 7 nitrogen and oxygen atoms in total. The summed E-state index contributed by atoms with van der Waals surface area (Å²) in [4.78, 5) is 6.53. The van der Waals surface area contributed by atoms with Crippen LogP contribution in [0.3, 0.4) is 0 Å². The molecule has 1 atom stereocenters. The molecule has 0 radical (unpaired) electrons. The molecule has 0 aromatic carbocycles. The maximum Gasteiger partial charge on any atom is 0.193 e. The summed E-state index contributed by atoms with van der Waals surface area (Å²) in [6, 6.07) is 0. The highest BCUT2D eigenvalue weighted by Crippen LogP contribution is 2.30. The standard InChI is InChI=1S/C15H25N5O2.HI/c1-16-14(17-11-15(21)4-3-5-15)20-6-7-22-13(10-20)12-8-18-19(2)9-12;/h8-9,13,21H,3-7,10-11H2,1-2H3,(H,16,17);1H. The minimum absolute atomic E-state index is 0. The van der Waals surface area contributed by atoms with E-state index in [-0.39, 0.29) is 30.1 Å². The van der Waals surface area contributed by atoms with Crippen molar-refractivity contribution in [3.63, 3.8) is 0 Å². The zero-order valence-electron chi connectivity index (χ0n) is 13.7. The lowest BCUT2D eigenvalue weighted by Gasteiger charge is -2.39. The molecule has 1 aliphatic carbocycles. The summed E-state index contributed by atoms with van der Waals surface area (Å²) in [5.74, 6) is 0.831. The third-order valence-corrected chi connectivity index (χ3v) is 4.53. The number of aromatic nitrogens is 2. The summed E-state index contributed by atoms with van der Waals surface area (Å²) in [5, 5.41) is 17.7. The Hall–Kier alpha value is -0.870. The minimum atomic E-state index is -0.551. The lowest BCUT2D eigenvalue weighted by Crippen LogP contribution is -2.53. The normalized spacial score (nSPS) is 23.9. The van der Waals surface area contributed by atoms with Crippen LogP contribution in [0.25, 0.3) is 0 Å². The van der Waals surface area contributed by atoms with Gasteiger partial charge >= 0.3 is 0 Å². The fourth-order valence-corrected chi connectivity index (χ4v) is 2.99. The average molecular weight is 435 g/mol. The van der Waals surface area contributed by atoms with E-state index < -0.39 is 5.60 Å². The van der Waals surface area contributed by atoms with Crippen LogP contribution in [0.5, 0.6) is 0 Å². The molecule has 3 rings (SSSR count). The number of aliphatic imine (C=N–C) groups is 1. The summed E-state index contributed by atoms with van der Waals surface area (Å²) >= 11 is 0. The van der Waals surface area contributed by atoms with Crippen molar-refractivity contribution in [3.05, 3.63) is 18.0 Å². The van der Waals surface area contributed by atoms with Crippen molar-refractivity contribution in [2.75, 3.05) is 33.3 Å². The monoisotopic (exact) mass is 435 g/mol. The van der Waals surface area contributed by atoms with E-state index in [1.807, 2.05) is 19.4 Å². The number of ether oxygens (including phenoxy) is 1. The van der Waals surface area contributed by atoms with Crippen LogP contribution >= 0.6 is 24.0 Å². The molecule has 1 saturated carbocycles. The molecule has 130 valence electrons. The Bertz CT molecular complexity index is 544. The molecule has 1 aromatic rings. The summed E-state index contributed by atoms with van der Waals surface area (Å²) in [6.07, 6.45) is 6.70. The summed E-state index contributed by atoms with van der Waals surface area (Å²) in [5.41, 5.74) is 0.533. The number of guanidine groups is 1. The quantitative estimate of drug-likeness (QED) is 0.420. The number of hydrogen-bond acceptors (Lipinski definition) is 4. The Morgan fingerprint density at radius 1 is 1.57 bits per heavy atom. The van der Waals surface area contributed by atoms with Crippen LogP contribution in [0, 0.1) is 0 Å². The Labute approximate surface area is 154 Å². The fourth-order valence-electron chi connectivity index (χ4n) is 2.99. The molecule has 1 unspecified atom stereocenters. The number of nitrogens with one attached hydrogen (secondary N) is 1. The van der Waals surface area contributed by atoms with Crippen LogP contribution < -0.4 is 5.32 Å². The van der Waals surface area contributed by atoms with Gasteiger partial charge in [-0.25, -0.2) is 0 Å². The van der Waals surface area contributed by atoms with Gasteiger partial charge in [0.15, 0.2) is 5.96 Å². The molecular formula is C15H26IN5O2. The van der Waals surface area contributed by atoms with Gasteiger partial charge in [-0.2, -0.15) is 5.10 Å². The van der Waals surface area contributed by atoms with Crippen LogP contribution in [0.15, 0.2) is 17.4 Å². The zero-order valence-corrected chi connectivity index (χ0v) is 16.1. The van der Waals surface area contributed by atoms with E-state index in [1.54, 1.807) is 11.7 Å². The second-order valence-corrected chi connectivity index (χ2v) is 6.23. The Kier molecular flexibility index (Phi) is 6.26. The van der Waals surface area contributed by atoms with Gasteiger partial charge in [0.1, 0.15) is 6.10 Å². The first kappa shape index (κ1) is 18.5. The highest BCUT2D eigenvalue weighted by Gasteiger charge is 2.35. The lowest BCUT2D eigenvalue weighted by molar-refractivity contribution is -0.0304. The second-order valence-electron chi connectivity index (χ2n) is 6.23. The topological polar surface area (TPSA) is 74.9 Å².